The van der Waals surface area contributed by atoms with Gasteiger partial charge in [-0.15, -0.1) is 24.0 Å². The van der Waals surface area contributed by atoms with Gasteiger partial charge in [0.2, 0.25) is 10.0 Å². The fraction of sp³-hybridized carbons (Fsp3) is 0.632. The van der Waals surface area contributed by atoms with Crippen molar-refractivity contribution < 1.29 is 8.42 Å². The summed E-state index contributed by atoms with van der Waals surface area (Å²) in [7, 11) is -1.29. The Labute approximate surface area is 181 Å². The molecule has 1 aromatic carbocycles. The van der Waals surface area contributed by atoms with Crippen molar-refractivity contribution in [3.05, 3.63) is 35.4 Å². The molecule has 2 N–H and O–H groups in total. The molecule has 0 aromatic heterocycles. The molecule has 1 aromatic rings. The third-order valence-electron chi connectivity index (χ3n) is 4.68. The van der Waals surface area contributed by atoms with E-state index < -0.39 is 10.0 Å². The number of hydrogen-bond acceptors (Lipinski definition) is 3. The summed E-state index contributed by atoms with van der Waals surface area (Å²) in [5.74, 6) is 1.26. The van der Waals surface area contributed by atoms with E-state index in [-0.39, 0.29) is 36.3 Å². The predicted octanol–water partition coefficient (Wildman–Crippen LogP) is 2.73. The van der Waals surface area contributed by atoms with Gasteiger partial charge in [0.05, 0.1) is 12.3 Å². The maximum absolute atomic E-state index is 12.1. The summed E-state index contributed by atoms with van der Waals surface area (Å²) in [5.41, 5.74) is 2.43. The van der Waals surface area contributed by atoms with Crippen molar-refractivity contribution in [2.45, 2.75) is 39.7 Å². The van der Waals surface area contributed by atoms with E-state index in [0.29, 0.717) is 12.5 Å². The Morgan fingerprint density at radius 2 is 1.93 bits per heavy atom. The Balaban J connectivity index is 0.00000364. The smallest absolute Gasteiger partial charge is 0.213 e. The van der Waals surface area contributed by atoms with Gasteiger partial charge in [0, 0.05) is 26.7 Å². The molecule has 1 fully saturated rings. The van der Waals surface area contributed by atoms with Gasteiger partial charge in [0.1, 0.15) is 0 Å². The molecular formula is C19H33IN4O2S. The number of hydrogen-bond donors (Lipinski definition) is 2. The average Bonchev–Trinajstić information content (AvgIpc) is 2.54. The largest absolute Gasteiger partial charge is 0.357 e. The third kappa shape index (κ3) is 8.78. The van der Waals surface area contributed by atoms with E-state index in [1.54, 1.807) is 0 Å². The molecule has 6 nitrogen and oxygen atoms in total. The van der Waals surface area contributed by atoms with Crippen LogP contribution in [0.2, 0.25) is 0 Å². The van der Waals surface area contributed by atoms with E-state index in [0.717, 1.165) is 31.9 Å². The number of nitrogens with one attached hydrogen (secondary N) is 2. The molecule has 0 atom stereocenters. The minimum absolute atomic E-state index is 0. The van der Waals surface area contributed by atoms with Crippen molar-refractivity contribution >= 4 is 40.0 Å². The molecule has 0 heterocycles. The molecule has 1 saturated carbocycles. The molecule has 8 heteroatoms. The zero-order valence-corrected chi connectivity index (χ0v) is 19.7. The second kappa shape index (κ2) is 11.9. The van der Waals surface area contributed by atoms with Gasteiger partial charge in [-0.3, -0.25) is 4.99 Å². The van der Waals surface area contributed by atoms with Gasteiger partial charge in [-0.05, 0) is 38.2 Å². The van der Waals surface area contributed by atoms with Crippen LogP contribution in [0.4, 0.5) is 0 Å². The monoisotopic (exact) mass is 508 g/mol. The van der Waals surface area contributed by atoms with Crippen molar-refractivity contribution in [1.29, 1.82) is 0 Å². The minimum Gasteiger partial charge on any atom is -0.357 e. The highest BCUT2D eigenvalue weighted by molar-refractivity contribution is 14.0. The molecule has 0 aliphatic heterocycles. The van der Waals surface area contributed by atoms with Crippen LogP contribution in [-0.4, -0.2) is 51.7 Å². The van der Waals surface area contributed by atoms with Gasteiger partial charge in [-0.25, -0.2) is 13.1 Å². The fourth-order valence-electron chi connectivity index (χ4n) is 2.80. The number of halogens is 1. The summed E-state index contributed by atoms with van der Waals surface area (Å²) in [4.78, 5) is 6.50. The quantitative estimate of drug-likeness (QED) is 0.306. The Hall–Kier alpha value is -0.870. The molecule has 0 radical (unpaired) electrons. The first kappa shape index (κ1) is 24.2. The van der Waals surface area contributed by atoms with E-state index in [2.05, 4.69) is 46.2 Å². The van der Waals surface area contributed by atoms with Gasteiger partial charge in [-0.2, -0.15) is 0 Å². The lowest BCUT2D eigenvalue weighted by Gasteiger charge is -2.25. The molecule has 0 amide bonds. The van der Waals surface area contributed by atoms with Crippen molar-refractivity contribution in [3.63, 3.8) is 0 Å². The Morgan fingerprint density at radius 3 is 2.48 bits per heavy atom. The van der Waals surface area contributed by atoms with E-state index in [9.17, 15) is 8.42 Å². The number of aliphatic imine (C=N–C) groups is 1. The maximum atomic E-state index is 12.1. The number of nitrogens with zero attached hydrogens (tertiary/aromatic N) is 2. The summed E-state index contributed by atoms with van der Waals surface area (Å²) in [6, 6.07) is 8.38. The normalized spacial score (nSPS) is 15.0. The average molecular weight is 508 g/mol. The second-order valence-electron chi connectivity index (χ2n) is 7.04. The van der Waals surface area contributed by atoms with Crippen molar-refractivity contribution in [3.8, 4) is 0 Å². The van der Waals surface area contributed by atoms with Gasteiger partial charge in [-0.1, -0.05) is 36.2 Å². The number of guanidine groups is 1. The zero-order chi connectivity index (χ0) is 19.0. The first-order valence-electron chi connectivity index (χ1n) is 9.42. The molecule has 0 bridgehead atoms. The highest BCUT2D eigenvalue weighted by Gasteiger charge is 2.20. The molecule has 2 rings (SSSR count). The van der Waals surface area contributed by atoms with Crippen LogP contribution in [0.1, 0.15) is 37.3 Å². The van der Waals surface area contributed by atoms with Crippen molar-refractivity contribution in [2.75, 3.05) is 32.4 Å². The molecule has 0 saturated heterocycles. The standard InChI is InChI=1S/C19H32N4O2S.HI/c1-4-20-19(23(3)15-18-10-8-16(2)9-11-18)21-12-13-26(24,25)22-14-17-6-5-7-17;/h8-11,17,22H,4-7,12-15H2,1-3H3,(H,20,21);1H. The fourth-order valence-corrected chi connectivity index (χ4v) is 3.76. The van der Waals surface area contributed by atoms with Crippen LogP contribution in [0.15, 0.2) is 29.3 Å². The zero-order valence-electron chi connectivity index (χ0n) is 16.6. The third-order valence-corrected chi connectivity index (χ3v) is 6.00. The van der Waals surface area contributed by atoms with E-state index in [1.807, 2.05) is 18.9 Å². The molecule has 0 unspecified atom stereocenters. The van der Waals surface area contributed by atoms with E-state index in [1.165, 1.54) is 17.5 Å². The van der Waals surface area contributed by atoms with Crippen LogP contribution in [0.25, 0.3) is 0 Å². The van der Waals surface area contributed by atoms with Crippen LogP contribution in [0, 0.1) is 12.8 Å². The molecular weight excluding hydrogens is 475 g/mol. The Kier molecular flexibility index (Phi) is 10.6. The summed E-state index contributed by atoms with van der Waals surface area (Å²) in [6.07, 6.45) is 3.49. The van der Waals surface area contributed by atoms with E-state index in [4.69, 9.17) is 0 Å². The van der Waals surface area contributed by atoms with Gasteiger partial charge in [0.15, 0.2) is 5.96 Å². The topological polar surface area (TPSA) is 73.8 Å². The SMILES string of the molecule is CCNC(=NCCS(=O)(=O)NCC1CCC1)N(C)Cc1ccc(C)cc1.I. The summed E-state index contributed by atoms with van der Waals surface area (Å²) in [6.45, 7) is 6.35. The number of rotatable bonds is 9. The Morgan fingerprint density at radius 1 is 1.26 bits per heavy atom. The summed E-state index contributed by atoms with van der Waals surface area (Å²) < 4.78 is 26.9. The highest BCUT2D eigenvalue weighted by Crippen LogP contribution is 2.25. The van der Waals surface area contributed by atoms with Crippen molar-refractivity contribution in [1.82, 2.24) is 14.9 Å². The van der Waals surface area contributed by atoms with Crippen LogP contribution in [-0.2, 0) is 16.6 Å². The minimum atomic E-state index is -3.26. The highest BCUT2D eigenvalue weighted by atomic mass is 127. The lowest BCUT2D eigenvalue weighted by atomic mass is 9.86. The molecule has 1 aliphatic carbocycles. The first-order valence-corrected chi connectivity index (χ1v) is 11.1. The lowest BCUT2D eigenvalue weighted by molar-refractivity contribution is 0.316. The van der Waals surface area contributed by atoms with Gasteiger partial charge < -0.3 is 10.2 Å². The van der Waals surface area contributed by atoms with Crippen molar-refractivity contribution in [2.24, 2.45) is 10.9 Å². The van der Waals surface area contributed by atoms with Crippen LogP contribution >= 0.6 is 24.0 Å². The molecule has 0 spiro atoms. The van der Waals surface area contributed by atoms with Crippen LogP contribution < -0.4 is 10.0 Å². The summed E-state index contributed by atoms with van der Waals surface area (Å²) in [5, 5.41) is 3.23. The van der Waals surface area contributed by atoms with Crippen LogP contribution in [0.3, 0.4) is 0 Å². The number of sulfonamides is 1. The predicted molar refractivity (Wildman–Crippen MR) is 123 cm³/mol. The van der Waals surface area contributed by atoms with Crippen LogP contribution in [0.5, 0.6) is 0 Å². The van der Waals surface area contributed by atoms with E-state index >= 15 is 0 Å². The number of benzene rings is 1. The summed E-state index contributed by atoms with van der Waals surface area (Å²) >= 11 is 0. The molecule has 1 aliphatic rings. The molecule has 27 heavy (non-hydrogen) atoms. The van der Waals surface area contributed by atoms with Gasteiger partial charge >= 0.3 is 0 Å². The van der Waals surface area contributed by atoms with Gasteiger partial charge in [0.25, 0.3) is 0 Å². The maximum Gasteiger partial charge on any atom is 0.213 e. The Bertz CT molecular complexity index is 688. The number of aryl methyl sites for hydroxylation is 1. The molecule has 154 valence electrons. The lowest BCUT2D eigenvalue weighted by Crippen LogP contribution is -2.39. The second-order valence-corrected chi connectivity index (χ2v) is 8.97. The first-order chi connectivity index (χ1) is 12.4.